The topological polar surface area (TPSA) is 72.8 Å². The predicted octanol–water partition coefficient (Wildman–Crippen LogP) is 3.93. The summed E-state index contributed by atoms with van der Waals surface area (Å²) in [6.45, 7) is 7.08. The van der Waals surface area contributed by atoms with Crippen molar-refractivity contribution in [1.82, 2.24) is 4.90 Å². The third-order valence-electron chi connectivity index (χ3n) is 4.09. The van der Waals surface area contributed by atoms with Gasteiger partial charge in [0.05, 0.1) is 6.10 Å². The zero-order chi connectivity index (χ0) is 18.9. The number of benzene rings is 2. The fraction of sp³-hybridized carbons (Fsp3) is 0.350. The molecule has 2 atom stereocenters. The Morgan fingerprint density at radius 3 is 2.35 bits per heavy atom. The molecule has 0 unspecified atom stereocenters. The number of likely N-dealkylation sites (tertiary alicyclic amines) is 1. The van der Waals surface area contributed by atoms with Gasteiger partial charge in [-0.3, -0.25) is 10.2 Å². The summed E-state index contributed by atoms with van der Waals surface area (Å²) in [5, 5.41) is 20.7. The molecule has 0 radical (unpaired) electrons. The zero-order valence-corrected chi connectivity index (χ0v) is 15.9. The second-order valence-corrected chi connectivity index (χ2v) is 7.50. The van der Waals surface area contributed by atoms with Crippen molar-refractivity contribution in [3.05, 3.63) is 60.2 Å². The summed E-state index contributed by atoms with van der Waals surface area (Å²) < 4.78 is 0. The van der Waals surface area contributed by atoms with Crippen molar-refractivity contribution in [3.63, 3.8) is 0 Å². The van der Waals surface area contributed by atoms with Gasteiger partial charge in [-0.1, -0.05) is 42.8 Å². The smallest absolute Gasteiger partial charge is 0.409 e. The van der Waals surface area contributed by atoms with Gasteiger partial charge in [-0.05, 0) is 37.7 Å². The second kappa shape index (κ2) is 10.2. The molecular formula is C20H26N2O3S. The monoisotopic (exact) mass is 374 g/mol. The normalized spacial score (nSPS) is 19.5. The molecule has 6 heteroatoms. The molecule has 2 aromatic carbocycles. The van der Waals surface area contributed by atoms with Crippen LogP contribution < -0.4 is 5.32 Å². The van der Waals surface area contributed by atoms with Crippen molar-refractivity contribution in [2.45, 2.75) is 30.1 Å². The zero-order valence-electron chi connectivity index (χ0n) is 15.1. The van der Waals surface area contributed by atoms with E-state index in [1.54, 1.807) is 36.0 Å². The first-order chi connectivity index (χ1) is 12.5. The average molecular weight is 375 g/mol. The van der Waals surface area contributed by atoms with Gasteiger partial charge in [0.2, 0.25) is 0 Å². The van der Waals surface area contributed by atoms with Crippen molar-refractivity contribution in [3.8, 4) is 0 Å². The molecule has 1 heterocycles. The van der Waals surface area contributed by atoms with E-state index in [2.05, 4.69) is 48.3 Å². The molecule has 3 N–H and O–H groups in total. The molecule has 1 saturated heterocycles. The van der Waals surface area contributed by atoms with E-state index in [1.807, 2.05) is 6.07 Å². The van der Waals surface area contributed by atoms with E-state index in [9.17, 15) is 9.90 Å². The van der Waals surface area contributed by atoms with Crippen LogP contribution in [0.15, 0.2) is 59.5 Å². The Balaban J connectivity index is 0.000000209. The molecule has 140 valence electrons. The van der Waals surface area contributed by atoms with Gasteiger partial charge in [0.15, 0.2) is 0 Å². The van der Waals surface area contributed by atoms with Crippen LogP contribution in [0.3, 0.4) is 0 Å². The van der Waals surface area contributed by atoms with Crippen LogP contribution in [0.2, 0.25) is 0 Å². The molecule has 1 fully saturated rings. The van der Waals surface area contributed by atoms with Crippen LogP contribution in [0.1, 0.15) is 12.5 Å². The molecule has 2 aromatic rings. The van der Waals surface area contributed by atoms with Crippen LogP contribution in [0.25, 0.3) is 0 Å². The van der Waals surface area contributed by atoms with Crippen LogP contribution in [-0.2, 0) is 0 Å². The van der Waals surface area contributed by atoms with Gasteiger partial charge in [-0.25, -0.2) is 4.79 Å². The first kappa shape index (κ1) is 20.3. The second-order valence-electron chi connectivity index (χ2n) is 6.19. The Kier molecular flexibility index (Phi) is 7.97. The van der Waals surface area contributed by atoms with Crippen LogP contribution >= 0.6 is 11.8 Å². The Labute approximate surface area is 159 Å². The molecular weight excluding hydrogens is 348 g/mol. The van der Waals surface area contributed by atoms with Crippen molar-refractivity contribution in [1.29, 1.82) is 0 Å². The van der Waals surface area contributed by atoms with Crippen molar-refractivity contribution >= 4 is 23.5 Å². The number of likely N-dealkylation sites (N-methyl/N-ethyl adjacent to an activating group) is 1. The van der Waals surface area contributed by atoms with Gasteiger partial charge < -0.3 is 10.2 Å². The lowest BCUT2D eigenvalue weighted by atomic mass is 10.2. The predicted molar refractivity (Wildman–Crippen MR) is 107 cm³/mol. The largest absolute Gasteiger partial charge is 0.465 e. The van der Waals surface area contributed by atoms with Gasteiger partial charge in [-0.15, -0.1) is 11.8 Å². The fourth-order valence-corrected chi connectivity index (χ4v) is 3.81. The number of carboxylic acid groups (broad SMARTS) is 1. The molecule has 3 rings (SSSR count). The standard InChI is InChI=1S/C13H19NOS.C7H7NO2/c1-3-14-8-12(15)13(9-14)16-11-6-4-10(2)5-7-11;9-7(10)8-6-4-2-1-3-5-6/h4-7,12-13,15H,3,8-9H2,1-2H3;1-5,8H,(H,9,10)/t12-,13-;/m1./s1. The van der Waals surface area contributed by atoms with E-state index >= 15 is 0 Å². The van der Waals surface area contributed by atoms with Gasteiger partial charge in [-0.2, -0.15) is 0 Å². The molecule has 0 bridgehead atoms. The fourth-order valence-electron chi connectivity index (χ4n) is 2.64. The molecule has 0 aliphatic carbocycles. The minimum atomic E-state index is -1.04. The summed E-state index contributed by atoms with van der Waals surface area (Å²) >= 11 is 1.80. The highest BCUT2D eigenvalue weighted by Gasteiger charge is 2.30. The maximum absolute atomic E-state index is 10.1. The number of thioether (sulfide) groups is 1. The van der Waals surface area contributed by atoms with Crippen molar-refractivity contribution in [2.24, 2.45) is 0 Å². The van der Waals surface area contributed by atoms with E-state index in [1.165, 1.54) is 10.5 Å². The summed E-state index contributed by atoms with van der Waals surface area (Å²) in [6.07, 6.45) is -1.22. The van der Waals surface area contributed by atoms with E-state index in [-0.39, 0.29) is 6.10 Å². The van der Waals surface area contributed by atoms with Crippen LogP contribution in [0, 0.1) is 6.92 Å². The number of amides is 1. The van der Waals surface area contributed by atoms with E-state index in [0.29, 0.717) is 10.9 Å². The van der Waals surface area contributed by atoms with Gasteiger partial charge in [0.25, 0.3) is 0 Å². The maximum atomic E-state index is 10.1. The van der Waals surface area contributed by atoms with Gasteiger partial charge >= 0.3 is 6.09 Å². The number of hydrogen-bond donors (Lipinski definition) is 3. The Morgan fingerprint density at radius 1 is 1.15 bits per heavy atom. The number of hydrogen-bond acceptors (Lipinski definition) is 4. The van der Waals surface area contributed by atoms with E-state index in [4.69, 9.17) is 5.11 Å². The van der Waals surface area contributed by atoms with Crippen molar-refractivity contribution < 1.29 is 15.0 Å². The number of anilines is 1. The lowest BCUT2D eigenvalue weighted by Gasteiger charge is -2.13. The summed E-state index contributed by atoms with van der Waals surface area (Å²) in [5.74, 6) is 0. The van der Waals surface area contributed by atoms with Crippen LogP contribution in [0.4, 0.5) is 10.5 Å². The Hall–Kier alpha value is -2.02. The first-order valence-electron chi connectivity index (χ1n) is 8.66. The summed E-state index contributed by atoms with van der Waals surface area (Å²) in [7, 11) is 0. The van der Waals surface area contributed by atoms with Crippen LogP contribution in [0.5, 0.6) is 0 Å². The number of para-hydroxylation sites is 1. The van der Waals surface area contributed by atoms with E-state index in [0.717, 1.165) is 19.6 Å². The van der Waals surface area contributed by atoms with Gasteiger partial charge in [0.1, 0.15) is 0 Å². The first-order valence-corrected chi connectivity index (χ1v) is 9.54. The summed E-state index contributed by atoms with van der Waals surface area (Å²) in [6, 6.07) is 17.3. The number of aryl methyl sites for hydroxylation is 1. The third kappa shape index (κ3) is 6.71. The SMILES string of the molecule is CCN1C[C@@H](O)[C@H](Sc2ccc(C)cc2)C1.O=C(O)Nc1ccccc1. The van der Waals surface area contributed by atoms with Gasteiger partial charge in [0, 0.05) is 28.9 Å². The summed E-state index contributed by atoms with van der Waals surface area (Å²) in [5.41, 5.74) is 1.88. The number of β-amino-alcohol motifs (C(OH)–C–C–N with tert-alkyl or cyclic N) is 1. The highest BCUT2D eigenvalue weighted by atomic mass is 32.2. The lowest BCUT2D eigenvalue weighted by molar-refractivity contribution is 0.181. The Bertz CT molecular complexity index is 679. The highest BCUT2D eigenvalue weighted by molar-refractivity contribution is 8.00. The number of aliphatic hydroxyl groups excluding tert-OH is 1. The third-order valence-corrected chi connectivity index (χ3v) is 5.40. The number of nitrogens with zero attached hydrogens (tertiary/aromatic N) is 1. The molecule has 1 aliphatic rings. The minimum absolute atomic E-state index is 0.189. The number of nitrogens with one attached hydrogen (secondary N) is 1. The number of rotatable bonds is 4. The molecule has 0 saturated carbocycles. The quantitative estimate of drug-likeness (QED) is 0.756. The molecule has 0 aromatic heterocycles. The number of carbonyl (C=O) groups is 1. The summed E-state index contributed by atoms with van der Waals surface area (Å²) in [4.78, 5) is 13.6. The maximum Gasteiger partial charge on any atom is 0.409 e. The molecule has 0 spiro atoms. The minimum Gasteiger partial charge on any atom is -0.465 e. The molecule has 1 amide bonds. The highest BCUT2D eigenvalue weighted by Crippen LogP contribution is 2.30. The van der Waals surface area contributed by atoms with E-state index < -0.39 is 6.09 Å². The van der Waals surface area contributed by atoms with Crippen molar-refractivity contribution in [2.75, 3.05) is 25.0 Å². The molecule has 26 heavy (non-hydrogen) atoms. The lowest BCUT2D eigenvalue weighted by Crippen LogP contribution is -2.21. The average Bonchev–Trinajstić information content (AvgIpc) is 2.98. The number of aliphatic hydroxyl groups is 1. The molecule has 5 nitrogen and oxygen atoms in total. The molecule has 1 aliphatic heterocycles. The van der Waals surface area contributed by atoms with Crippen LogP contribution in [-0.4, -0.2) is 52.2 Å². The Morgan fingerprint density at radius 2 is 1.81 bits per heavy atom.